The Kier molecular flexibility index (Phi) is 2.11. The predicted molar refractivity (Wildman–Crippen MR) is 64.2 cm³/mol. The van der Waals surface area contributed by atoms with Gasteiger partial charge in [-0.3, -0.25) is 0 Å². The topological polar surface area (TPSA) is 27.1 Å². The third-order valence-electron chi connectivity index (χ3n) is 2.79. The van der Waals surface area contributed by atoms with Crippen molar-refractivity contribution in [2.45, 2.75) is 6.73 Å². The molecule has 0 saturated heterocycles. The van der Waals surface area contributed by atoms with Crippen LogP contribution in [0.3, 0.4) is 0 Å². The highest BCUT2D eigenvalue weighted by molar-refractivity contribution is 6.06. The molecule has 0 N–H and O–H groups in total. The molecule has 0 radical (unpaired) electrons. The maximum Gasteiger partial charge on any atom is 0.142 e. The Balaban J connectivity index is 2.49. The number of aromatic nitrogens is 2. The van der Waals surface area contributed by atoms with E-state index in [1.165, 1.54) is 10.8 Å². The van der Waals surface area contributed by atoms with Crippen LogP contribution in [-0.2, 0) is 11.5 Å². The molecule has 2 aromatic heterocycles. The van der Waals surface area contributed by atoms with Gasteiger partial charge in [0.25, 0.3) is 0 Å². The molecule has 0 aliphatic carbocycles. The van der Waals surface area contributed by atoms with Crippen LogP contribution in [-0.4, -0.2) is 16.7 Å². The largest absolute Gasteiger partial charge is 0.364 e. The van der Waals surface area contributed by atoms with Gasteiger partial charge in [-0.15, -0.1) is 0 Å². The fraction of sp³-hybridized carbons (Fsp3) is 0.154. The summed E-state index contributed by atoms with van der Waals surface area (Å²) >= 11 is 0. The number of nitrogens with zero attached hydrogens (tertiary/aromatic N) is 2. The summed E-state index contributed by atoms with van der Waals surface area (Å²) < 4.78 is 7.31. The Hall–Kier alpha value is -1.87. The van der Waals surface area contributed by atoms with Crippen LogP contribution >= 0.6 is 0 Å². The Labute approximate surface area is 93.3 Å². The minimum Gasteiger partial charge on any atom is -0.364 e. The van der Waals surface area contributed by atoms with Gasteiger partial charge in [-0.2, -0.15) is 0 Å². The van der Waals surface area contributed by atoms with E-state index in [1.807, 2.05) is 24.4 Å². The van der Waals surface area contributed by atoms with Gasteiger partial charge >= 0.3 is 0 Å². The second-order valence-corrected chi connectivity index (χ2v) is 3.74. The Morgan fingerprint density at radius 2 is 1.94 bits per heavy atom. The molecule has 16 heavy (non-hydrogen) atoms. The van der Waals surface area contributed by atoms with Gasteiger partial charge in [-0.1, -0.05) is 18.2 Å². The van der Waals surface area contributed by atoms with Crippen LogP contribution in [0, 0.1) is 0 Å². The Morgan fingerprint density at radius 1 is 1.12 bits per heavy atom. The van der Waals surface area contributed by atoms with Crippen molar-refractivity contribution in [1.82, 2.24) is 9.55 Å². The first-order chi connectivity index (χ1) is 7.92. The van der Waals surface area contributed by atoms with Crippen molar-refractivity contribution in [3.05, 3.63) is 42.6 Å². The fourth-order valence-electron chi connectivity index (χ4n) is 2.13. The SMILES string of the molecule is COCn1c2ccccc2c2cccnc21. The molecule has 0 amide bonds. The normalized spacial score (nSPS) is 11.3. The minimum absolute atomic E-state index is 0.529. The summed E-state index contributed by atoms with van der Waals surface area (Å²) in [5.74, 6) is 0. The molecule has 3 heteroatoms. The highest BCUT2D eigenvalue weighted by atomic mass is 16.5. The molecular formula is C13H12N2O. The standard InChI is InChI=1S/C13H12N2O/c1-16-9-15-12-7-3-2-5-10(12)11-6-4-8-14-13(11)15/h2-8H,9H2,1H3. The smallest absolute Gasteiger partial charge is 0.142 e. The monoisotopic (exact) mass is 212 g/mol. The van der Waals surface area contributed by atoms with E-state index < -0.39 is 0 Å². The van der Waals surface area contributed by atoms with Crippen LogP contribution in [0.1, 0.15) is 0 Å². The van der Waals surface area contributed by atoms with Crippen LogP contribution in [0.15, 0.2) is 42.6 Å². The van der Waals surface area contributed by atoms with Crippen molar-refractivity contribution < 1.29 is 4.74 Å². The number of fused-ring (bicyclic) bond motifs is 3. The van der Waals surface area contributed by atoms with Gasteiger partial charge in [-0.05, 0) is 18.2 Å². The molecule has 2 heterocycles. The van der Waals surface area contributed by atoms with Gasteiger partial charge in [0.05, 0.1) is 5.52 Å². The van der Waals surface area contributed by atoms with E-state index in [-0.39, 0.29) is 0 Å². The van der Waals surface area contributed by atoms with E-state index >= 15 is 0 Å². The molecule has 0 aliphatic heterocycles. The quantitative estimate of drug-likeness (QED) is 0.653. The molecule has 1 aromatic carbocycles. The number of methoxy groups -OCH3 is 1. The fourth-order valence-corrected chi connectivity index (χ4v) is 2.13. The van der Waals surface area contributed by atoms with E-state index in [4.69, 9.17) is 4.74 Å². The summed E-state index contributed by atoms with van der Waals surface area (Å²) in [5.41, 5.74) is 2.14. The minimum atomic E-state index is 0.529. The molecule has 0 bridgehead atoms. The van der Waals surface area contributed by atoms with Gasteiger partial charge in [0.15, 0.2) is 0 Å². The van der Waals surface area contributed by atoms with Crippen molar-refractivity contribution in [3.63, 3.8) is 0 Å². The van der Waals surface area contributed by atoms with Crippen molar-refractivity contribution in [3.8, 4) is 0 Å². The number of pyridine rings is 1. The first-order valence-electron chi connectivity index (χ1n) is 5.22. The van der Waals surface area contributed by atoms with Crippen LogP contribution < -0.4 is 0 Å². The number of hydrogen-bond donors (Lipinski definition) is 0. The van der Waals surface area contributed by atoms with Crippen LogP contribution in [0.25, 0.3) is 21.9 Å². The van der Waals surface area contributed by atoms with E-state index in [1.54, 1.807) is 7.11 Å². The summed E-state index contributed by atoms with van der Waals surface area (Å²) in [6, 6.07) is 12.4. The summed E-state index contributed by atoms with van der Waals surface area (Å²) in [6.45, 7) is 0.529. The molecule has 80 valence electrons. The summed E-state index contributed by atoms with van der Waals surface area (Å²) in [5, 5.41) is 2.40. The Morgan fingerprint density at radius 3 is 2.81 bits per heavy atom. The van der Waals surface area contributed by atoms with Gasteiger partial charge in [-0.25, -0.2) is 4.98 Å². The lowest BCUT2D eigenvalue weighted by atomic mass is 10.2. The molecule has 3 rings (SSSR count). The number of benzene rings is 1. The first kappa shape index (κ1) is 9.36. The van der Waals surface area contributed by atoms with Gasteiger partial charge < -0.3 is 9.30 Å². The summed E-state index contributed by atoms with van der Waals surface area (Å²) in [6.07, 6.45) is 1.81. The zero-order valence-electron chi connectivity index (χ0n) is 9.05. The molecule has 0 fully saturated rings. The van der Waals surface area contributed by atoms with Crippen molar-refractivity contribution >= 4 is 21.9 Å². The lowest BCUT2D eigenvalue weighted by Gasteiger charge is -2.03. The molecule has 0 spiro atoms. The van der Waals surface area contributed by atoms with Crippen molar-refractivity contribution in [2.75, 3.05) is 7.11 Å². The number of ether oxygens (including phenoxy) is 1. The number of rotatable bonds is 2. The molecule has 0 aliphatic rings. The molecule has 3 nitrogen and oxygen atoms in total. The van der Waals surface area contributed by atoms with Crippen LogP contribution in [0.5, 0.6) is 0 Å². The van der Waals surface area contributed by atoms with Crippen molar-refractivity contribution in [1.29, 1.82) is 0 Å². The molecule has 0 saturated carbocycles. The van der Waals surface area contributed by atoms with E-state index in [0.717, 1.165) is 11.2 Å². The lowest BCUT2D eigenvalue weighted by Crippen LogP contribution is -1.99. The third-order valence-corrected chi connectivity index (χ3v) is 2.79. The van der Waals surface area contributed by atoms with E-state index in [2.05, 4.69) is 27.8 Å². The van der Waals surface area contributed by atoms with Crippen molar-refractivity contribution in [2.24, 2.45) is 0 Å². The molecule has 3 aromatic rings. The summed E-state index contributed by atoms with van der Waals surface area (Å²) in [7, 11) is 1.70. The zero-order chi connectivity index (χ0) is 11.0. The highest BCUT2D eigenvalue weighted by Gasteiger charge is 2.09. The molecule has 0 atom stereocenters. The van der Waals surface area contributed by atoms with E-state index in [9.17, 15) is 0 Å². The summed E-state index contributed by atoms with van der Waals surface area (Å²) in [4.78, 5) is 4.42. The predicted octanol–water partition coefficient (Wildman–Crippen LogP) is 2.79. The average Bonchev–Trinajstić information content (AvgIpc) is 2.66. The number of para-hydroxylation sites is 1. The van der Waals surface area contributed by atoms with Gasteiger partial charge in [0, 0.05) is 24.1 Å². The van der Waals surface area contributed by atoms with Gasteiger partial charge in [0.1, 0.15) is 12.4 Å². The zero-order valence-corrected chi connectivity index (χ0v) is 9.05. The highest BCUT2D eigenvalue weighted by Crippen LogP contribution is 2.26. The Bertz CT molecular complexity index is 589. The molecule has 0 unspecified atom stereocenters. The van der Waals surface area contributed by atoms with Gasteiger partial charge in [0.2, 0.25) is 0 Å². The van der Waals surface area contributed by atoms with Crippen LogP contribution in [0.4, 0.5) is 0 Å². The first-order valence-corrected chi connectivity index (χ1v) is 5.22. The maximum absolute atomic E-state index is 5.23. The second kappa shape index (κ2) is 3.61. The third kappa shape index (κ3) is 1.22. The van der Waals surface area contributed by atoms with Crippen LogP contribution in [0.2, 0.25) is 0 Å². The molecular weight excluding hydrogens is 200 g/mol. The van der Waals surface area contributed by atoms with E-state index in [0.29, 0.717) is 6.73 Å². The lowest BCUT2D eigenvalue weighted by molar-refractivity contribution is 0.137. The number of hydrogen-bond acceptors (Lipinski definition) is 2. The second-order valence-electron chi connectivity index (χ2n) is 3.74. The maximum atomic E-state index is 5.23. The average molecular weight is 212 g/mol.